The Labute approximate surface area is 61.1 Å². The minimum atomic E-state index is -3.01. The van der Waals surface area contributed by atoms with Crippen LogP contribution in [0, 0.1) is 0 Å². The maximum absolute atomic E-state index is 11.1. The first-order valence-corrected chi connectivity index (χ1v) is 4.84. The van der Waals surface area contributed by atoms with Crippen LogP contribution in [0.15, 0.2) is 0 Å². The molecule has 0 aromatic heterocycles. The van der Waals surface area contributed by atoms with Gasteiger partial charge in [-0.2, -0.15) is 0 Å². The molecule has 60 valence electrons. The number of nitrogens with one attached hydrogen (secondary N) is 2. The van der Waals surface area contributed by atoms with Gasteiger partial charge in [-0.1, -0.05) is 0 Å². The molecule has 1 heterocycles. The van der Waals surface area contributed by atoms with Crippen molar-refractivity contribution in [3.8, 4) is 0 Å². The molecule has 0 radical (unpaired) electrons. The smallest absolute Gasteiger partial charge is 0.215 e. The molecule has 10 heavy (non-hydrogen) atoms. The summed E-state index contributed by atoms with van der Waals surface area (Å²) >= 11 is 0. The van der Waals surface area contributed by atoms with E-state index in [1.165, 1.54) is 7.05 Å². The molecule has 1 fully saturated rings. The molecule has 4 nitrogen and oxygen atoms in total. The van der Waals surface area contributed by atoms with Crippen LogP contribution in [-0.2, 0) is 10.0 Å². The standard InChI is InChI=1S/C5H12N2O2S/c1-6-10(8,9)5-2-3-7-4-5/h5-7H,2-4H2,1H3/t5-/m0/s1. The van der Waals surface area contributed by atoms with Crippen molar-refractivity contribution in [2.75, 3.05) is 20.1 Å². The number of sulfonamides is 1. The number of hydrogen-bond acceptors (Lipinski definition) is 3. The number of rotatable bonds is 2. The van der Waals surface area contributed by atoms with Gasteiger partial charge in [-0.15, -0.1) is 0 Å². The van der Waals surface area contributed by atoms with Crippen LogP contribution in [0.2, 0.25) is 0 Å². The third-order valence-electron chi connectivity index (χ3n) is 1.74. The van der Waals surface area contributed by atoms with E-state index >= 15 is 0 Å². The van der Waals surface area contributed by atoms with Crippen molar-refractivity contribution >= 4 is 10.0 Å². The quantitative estimate of drug-likeness (QED) is 0.544. The number of hydrogen-bond donors (Lipinski definition) is 2. The third-order valence-corrected chi connectivity index (χ3v) is 3.59. The lowest BCUT2D eigenvalue weighted by Gasteiger charge is -2.07. The summed E-state index contributed by atoms with van der Waals surface area (Å²) in [6.07, 6.45) is 0.725. The van der Waals surface area contributed by atoms with Gasteiger partial charge in [0.2, 0.25) is 10.0 Å². The van der Waals surface area contributed by atoms with Gasteiger partial charge in [0, 0.05) is 6.54 Å². The normalized spacial score (nSPS) is 27.1. The van der Waals surface area contributed by atoms with Gasteiger partial charge < -0.3 is 5.32 Å². The Morgan fingerprint density at radius 2 is 2.30 bits per heavy atom. The molecule has 0 aliphatic carbocycles. The zero-order valence-electron chi connectivity index (χ0n) is 5.92. The zero-order valence-corrected chi connectivity index (χ0v) is 6.74. The van der Waals surface area contributed by atoms with E-state index in [1.54, 1.807) is 0 Å². The van der Waals surface area contributed by atoms with Crippen molar-refractivity contribution in [1.82, 2.24) is 10.0 Å². The lowest BCUT2D eigenvalue weighted by atomic mass is 10.4. The molecule has 2 N–H and O–H groups in total. The Bertz CT molecular complexity index is 194. The highest BCUT2D eigenvalue weighted by Gasteiger charge is 2.26. The Morgan fingerprint density at radius 1 is 1.60 bits per heavy atom. The van der Waals surface area contributed by atoms with Crippen LogP contribution in [0.5, 0.6) is 0 Å². The second-order valence-corrected chi connectivity index (χ2v) is 4.53. The van der Waals surface area contributed by atoms with Crippen LogP contribution in [0.1, 0.15) is 6.42 Å². The summed E-state index contributed by atoms with van der Waals surface area (Å²) in [6.45, 7) is 1.40. The lowest BCUT2D eigenvalue weighted by Crippen LogP contribution is -2.33. The van der Waals surface area contributed by atoms with E-state index in [9.17, 15) is 8.42 Å². The molecule has 0 saturated carbocycles. The van der Waals surface area contributed by atoms with Crippen molar-refractivity contribution in [2.24, 2.45) is 0 Å². The minimum absolute atomic E-state index is 0.225. The van der Waals surface area contributed by atoms with Crippen LogP contribution in [0.3, 0.4) is 0 Å². The topological polar surface area (TPSA) is 58.2 Å². The molecule has 0 aromatic carbocycles. The molecule has 0 aromatic rings. The summed E-state index contributed by atoms with van der Waals surface area (Å²) in [7, 11) is -1.56. The van der Waals surface area contributed by atoms with Gasteiger partial charge in [-0.25, -0.2) is 13.1 Å². The molecule has 0 amide bonds. The fourth-order valence-electron chi connectivity index (χ4n) is 1.06. The highest BCUT2D eigenvalue weighted by molar-refractivity contribution is 7.90. The van der Waals surface area contributed by atoms with Gasteiger partial charge in [-0.05, 0) is 20.0 Å². The molecule has 1 aliphatic rings. The van der Waals surface area contributed by atoms with Gasteiger partial charge in [0.15, 0.2) is 0 Å². The molecule has 5 heteroatoms. The highest BCUT2D eigenvalue weighted by atomic mass is 32.2. The van der Waals surface area contributed by atoms with Crippen LogP contribution in [-0.4, -0.2) is 33.8 Å². The van der Waals surface area contributed by atoms with Crippen molar-refractivity contribution in [3.63, 3.8) is 0 Å². The monoisotopic (exact) mass is 164 g/mol. The first kappa shape index (κ1) is 7.97. The van der Waals surface area contributed by atoms with Crippen molar-refractivity contribution < 1.29 is 8.42 Å². The Morgan fingerprint density at radius 3 is 2.70 bits per heavy atom. The molecule has 1 saturated heterocycles. The van der Waals surface area contributed by atoms with Crippen LogP contribution >= 0.6 is 0 Å². The molecule has 0 unspecified atom stereocenters. The molecule has 0 bridgehead atoms. The van der Waals surface area contributed by atoms with Gasteiger partial charge in [0.1, 0.15) is 0 Å². The van der Waals surface area contributed by atoms with Gasteiger partial charge in [0.05, 0.1) is 5.25 Å². The second-order valence-electron chi connectivity index (χ2n) is 2.36. The zero-order chi connectivity index (χ0) is 7.61. The van der Waals surface area contributed by atoms with Crippen LogP contribution in [0.25, 0.3) is 0 Å². The van der Waals surface area contributed by atoms with Gasteiger partial charge >= 0.3 is 0 Å². The van der Waals surface area contributed by atoms with E-state index in [2.05, 4.69) is 10.0 Å². The SMILES string of the molecule is CNS(=O)(=O)[C@H]1CCNC1. The van der Waals surface area contributed by atoms with Gasteiger partial charge in [-0.3, -0.25) is 0 Å². The fourth-order valence-corrected chi connectivity index (χ4v) is 2.16. The van der Waals surface area contributed by atoms with E-state index in [0.29, 0.717) is 6.54 Å². The van der Waals surface area contributed by atoms with E-state index in [-0.39, 0.29) is 5.25 Å². The largest absolute Gasteiger partial charge is 0.315 e. The predicted molar refractivity (Wildman–Crippen MR) is 39.3 cm³/mol. The van der Waals surface area contributed by atoms with E-state index in [0.717, 1.165) is 13.0 Å². The van der Waals surface area contributed by atoms with Crippen LogP contribution < -0.4 is 10.0 Å². The van der Waals surface area contributed by atoms with Gasteiger partial charge in [0.25, 0.3) is 0 Å². The maximum Gasteiger partial charge on any atom is 0.215 e. The summed E-state index contributed by atoms with van der Waals surface area (Å²) in [4.78, 5) is 0. The lowest BCUT2D eigenvalue weighted by molar-refractivity contribution is 0.574. The third kappa shape index (κ3) is 1.47. The van der Waals surface area contributed by atoms with Crippen molar-refractivity contribution in [2.45, 2.75) is 11.7 Å². The van der Waals surface area contributed by atoms with Crippen LogP contribution in [0.4, 0.5) is 0 Å². The molecule has 1 rings (SSSR count). The molecule has 1 atom stereocenters. The second kappa shape index (κ2) is 2.86. The molecular formula is C5H12N2O2S. The summed E-state index contributed by atoms with van der Waals surface area (Å²) in [5, 5.41) is 2.77. The minimum Gasteiger partial charge on any atom is -0.315 e. The Hall–Kier alpha value is -0.130. The average Bonchev–Trinajstić information content (AvgIpc) is 2.38. The summed E-state index contributed by atoms with van der Waals surface area (Å²) in [5.74, 6) is 0. The van der Waals surface area contributed by atoms with Crippen molar-refractivity contribution in [3.05, 3.63) is 0 Å². The van der Waals surface area contributed by atoms with Crippen molar-refractivity contribution in [1.29, 1.82) is 0 Å². The first-order chi connectivity index (χ1) is 4.67. The first-order valence-electron chi connectivity index (χ1n) is 3.30. The predicted octanol–water partition coefficient (Wildman–Crippen LogP) is -1.10. The highest BCUT2D eigenvalue weighted by Crippen LogP contribution is 2.06. The summed E-state index contributed by atoms with van der Waals surface area (Å²) in [6, 6.07) is 0. The van der Waals surface area contributed by atoms with E-state index < -0.39 is 10.0 Å². The van der Waals surface area contributed by atoms with E-state index in [1.807, 2.05) is 0 Å². The summed E-state index contributed by atoms with van der Waals surface area (Å²) < 4.78 is 24.4. The average molecular weight is 164 g/mol. The molecule has 0 spiro atoms. The Balaban J connectivity index is 2.63. The molecular weight excluding hydrogens is 152 g/mol. The molecule has 1 aliphatic heterocycles. The summed E-state index contributed by atoms with van der Waals surface area (Å²) in [5.41, 5.74) is 0. The Kier molecular flexibility index (Phi) is 2.28. The maximum atomic E-state index is 11.1. The van der Waals surface area contributed by atoms with E-state index in [4.69, 9.17) is 0 Å². The fraction of sp³-hybridized carbons (Fsp3) is 1.00.